The highest BCUT2D eigenvalue weighted by atomic mass is 35.5. The van der Waals surface area contributed by atoms with E-state index >= 15 is 0 Å². The first-order valence-corrected chi connectivity index (χ1v) is 9.65. The van der Waals surface area contributed by atoms with Crippen molar-refractivity contribution in [3.05, 3.63) is 36.4 Å². The van der Waals surface area contributed by atoms with Gasteiger partial charge in [-0.15, -0.1) is 11.6 Å². The highest BCUT2D eigenvalue weighted by Crippen LogP contribution is 2.26. The molecule has 0 aliphatic rings. The minimum atomic E-state index is 0.630. The van der Waals surface area contributed by atoms with Crippen molar-refractivity contribution < 1.29 is 9.47 Å². The molecule has 0 aliphatic carbocycles. The molecule has 0 aliphatic heterocycles. The van der Waals surface area contributed by atoms with Crippen LogP contribution in [0.5, 0.6) is 11.5 Å². The minimum Gasteiger partial charge on any atom is -0.494 e. The fraction of sp³-hybridized carbons (Fsp3) is 0.524. The molecule has 0 radical (unpaired) electrons. The molecule has 3 heteroatoms. The number of benzene rings is 2. The van der Waals surface area contributed by atoms with Gasteiger partial charge in [0.2, 0.25) is 0 Å². The molecule has 0 spiro atoms. The van der Waals surface area contributed by atoms with Gasteiger partial charge in [0.25, 0.3) is 0 Å². The summed E-state index contributed by atoms with van der Waals surface area (Å²) in [6, 6.07) is 12.4. The number of rotatable bonds is 11. The fourth-order valence-corrected chi connectivity index (χ4v) is 2.85. The van der Waals surface area contributed by atoms with Crippen LogP contribution in [-0.4, -0.2) is 19.1 Å². The van der Waals surface area contributed by atoms with E-state index in [0.717, 1.165) is 24.5 Å². The lowest BCUT2D eigenvalue weighted by Gasteiger charge is -2.16. The summed E-state index contributed by atoms with van der Waals surface area (Å²) >= 11 is 5.68. The van der Waals surface area contributed by atoms with E-state index in [4.69, 9.17) is 21.1 Å². The number of halogens is 1. The molecule has 2 rings (SSSR count). The molecule has 24 heavy (non-hydrogen) atoms. The van der Waals surface area contributed by atoms with E-state index < -0.39 is 0 Å². The molecule has 0 saturated heterocycles. The fourth-order valence-electron chi connectivity index (χ4n) is 2.74. The number of ether oxygens (including phenoxy) is 2. The van der Waals surface area contributed by atoms with E-state index in [1.807, 2.05) is 6.07 Å². The van der Waals surface area contributed by atoms with Crippen LogP contribution < -0.4 is 9.47 Å². The van der Waals surface area contributed by atoms with Crippen molar-refractivity contribution in [3.63, 3.8) is 0 Å². The van der Waals surface area contributed by atoms with Crippen LogP contribution in [0.3, 0.4) is 0 Å². The summed E-state index contributed by atoms with van der Waals surface area (Å²) in [6.45, 7) is 5.95. The average Bonchev–Trinajstić information content (AvgIpc) is 2.62. The second kappa shape index (κ2) is 10.5. The van der Waals surface area contributed by atoms with Gasteiger partial charge in [0.05, 0.1) is 13.2 Å². The van der Waals surface area contributed by atoms with Crippen LogP contribution in [-0.2, 0) is 0 Å². The molecule has 2 nitrogen and oxygen atoms in total. The Morgan fingerprint density at radius 3 is 2.17 bits per heavy atom. The van der Waals surface area contributed by atoms with Crippen molar-refractivity contribution in [1.29, 1.82) is 0 Å². The number of alkyl halides is 1. The molecule has 0 bridgehead atoms. The first-order chi connectivity index (χ1) is 11.8. The highest BCUT2D eigenvalue weighted by molar-refractivity contribution is 6.17. The molecule has 2 aromatic carbocycles. The second-order valence-electron chi connectivity index (χ2n) is 6.29. The standard InChI is InChI=1S/C21H29ClO2/c1-3-5-7-17(4-2)16-24-21-11-9-18-14-20(23-13-6-12-22)10-8-19(18)15-21/h8-11,14-15,17H,3-7,12-13,16H2,1-2H3. The van der Waals surface area contributed by atoms with Gasteiger partial charge in [-0.2, -0.15) is 0 Å². The number of fused-ring (bicyclic) bond motifs is 1. The van der Waals surface area contributed by atoms with Crippen LogP contribution in [0.1, 0.15) is 46.0 Å². The Labute approximate surface area is 151 Å². The van der Waals surface area contributed by atoms with E-state index in [0.29, 0.717) is 18.4 Å². The maximum atomic E-state index is 6.03. The Bertz CT molecular complexity index is 612. The van der Waals surface area contributed by atoms with Crippen LogP contribution in [0.15, 0.2) is 36.4 Å². The van der Waals surface area contributed by atoms with Gasteiger partial charge in [-0.3, -0.25) is 0 Å². The Morgan fingerprint density at radius 1 is 0.917 bits per heavy atom. The number of hydrogen-bond acceptors (Lipinski definition) is 2. The van der Waals surface area contributed by atoms with Crippen molar-refractivity contribution in [2.75, 3.05) is 19.1 Å². The third-order valence-electron chi connectivity index (χ3n) is 4.36. The molecule has 0 N–H and O–H groups in total. The van der Waals surface area contributed by atoms with Crippen LogP contribution in [0, 0.1) is 5.92 Å². The van der Waals surface area contributed by atoms with Crippen molar-refractivity contribution in [2.45, 2.75) is 46.0 Å². The zero-order valence-electron chi connectivity index (χ0n) is 14.9. The molecule has 0 aromatic heterocycles. The lowest BCUT2D eigenvalue weighted by atomic mass is 10.0. The summed E-state index contributed by atoms with van der Waals surface area (Å²) in [4.78, 5) is 0. The molecule has 132 valence electrons. The van der Waals surface area contributed by atoms with Gasteiger partial charge in [0.1, 0.15) is 11.5 Å². The van der Waals surface area contributed by atoms with E-state index in [2.05, 4.69) is 44.2 Å². The van der Waals surface area contributed by atoms with Gasteiger partial charge in [-0.05, 0) is 53.8 Å². The largest absolute Gasteiger partial charge is 0.494 e. The van der Waals surface area contributed by atoms with Crippen molar-refractivity contribution in [3.8, 4) is 11.5 Å². The monoisotopic (exact) mass is 348 g/mol. The molecule has 1 atom stereocenters. The predicted octanol–water partition coefficient (Wildman–Crippen LogP) is 6.44. The minimum absolute atomic E-state index is 0.630. The molecule has 1 unspecified atom stereocenters. The topological polar surface area (TPSA) is 18.5 Å². The molecular weight excluding hydrogens is 320 g/mol. The SMILES string of the molecule is CCCCC(CC)COc1ccc2cc(OCCCCl)ccc2c1. The normalized spacial score (nSPS) is 12.3. The van der Waals surface area contributed by atoms with E-state index in [1.54, 1.807) is 0 Å². The highest BCUT2D eigenvalue weighted by Gasteiger charge is 2.07. The molecular formula is C21H29ClO2. The summed E-state index contributed by atoms with van der Waals surface area (Å²) in [5.74, 6) is 3.13. The third kappa shape index (κ3) is 5.90. The smallest absolute Gasteiger partial charge is 0.119 e. The summed E-state index contributed by atoms with van der Waals surface area (Å²) in [5, 5.41) is 2.35. The molecule has 0 saturated carbocycles. The van der Waals surface area contributed by atoms with Crippen LogP contribution in [0.25, 0.3) is 10.8 Å². The summed E-state index contributed by atoms with van der Waals surface area (Å²) < 4.78 is 11.7. The maximum Gasteiger partial charge on any atom is 0.119 e. The van der Waals surface area contributed by atoms with Gasteiger partial charge in [0.15, 0.2) is 0 Å². The maximum absolute atomic E-state index is 6.03. The van der Waals surface area contributed by atoms with Gasteiger partial charge >= 0.3 is 0 Å². The van der Waals surface area contributed by atoms with Gasteiger partial charge in [0, 0.05) is 5.88 Å². The lowest BCUT2D eigenvalue weighted by molar-refractivity contribution is 0.233. The van der Waals surface area contributed by atoms with Crippen molar-refractivity contribution in [1.82, 2.24) is 0 Å². The summed E-state index contributed by atoms with van der Waals surface area (Å²) in [6.07, 6.45) is 5.83. The Balaban J connectivity index is 1.96. The molecule has 0 amide bonds. The third-order valence-corrected chi connectivity index (χ3v) is 4.63. The Kier molecular flexibility index (Phi) is 8.24. The Morgan fingerprint density at radius 2 is 1.58 bits per heavy atom. The summed E-state index contributed by atoms with van der Waals surface area (Å²) in [5.41, 5.74) is 0. The predicted molar refractivity (Wildman–Crippen MR) is 104 cm³/mol. The average molecular weight is 349 g/mol. The number of unbranched alkanes of at least 4 members (excludes halogenated alkanes) is 1. The number of hydrogen-bond donors (Lipinski definition) is 0. The van der Waals surface area contributed by atoms with E-state index in [9.17, 15) is 0 Å². The van der Waals surface area contributed by atoms with Gasteiger partial charge < -0.3 is 9.47 Å². The van der Waals surface area contributed by atoms with Crippen LogP contribution >= 0.6 is 11.6 Å². The zero-order chi connectivity index (χ0) is 17.2. The molecule has 0 heterocycles. The second-order valence-corrected chi connectivity index (χ2v) is 6.67. The van der Waals surface area contributed by atoms with Crippen LogP contribution in [0.2, 0.25) is 0 Å². The first kappa shape index (κ1) is 18.9. The molecule has 0 fully saturated rings. The zero-order valence-corrected chi connectivity index (χ0v) is 15.6. The van der Waals surface area contributed by atoms with E-state index in [1.165, 1.54) is 36.5 Å². The van der Waals surface area contributed by atoms with Crippen LogP contribution in [0.4, 0.5) is 0 Å². The lowest BCUT2D eigenvalue weighted by Crippen LogP contribution is -2.11. The Hall–Kier alpha value is -1.41. The quantitative estimate of drug-likeness (QED) is 0.343. The van der Waals surface area contributed by atoms with Crippen molar-refractivity contribution in [2.24, 2.45) is 5.92 Å². The summed E-state index contributed by atoms with van der Waals surface area (Å²) in [7, 11) is 0. The first-order valence-electron chi connectivity index (χ1n) is 9.12. The molecule has 2 aromatic rings. The van der Waals surface area contributed by atoms with Crippen molar-refractivity contribution >= 4 is 22.4 Å². The van der Waals surface area contributed by atoms with E-state index in [-0.39, 0.29) is 0 Å². The van der Waals surface area contributed by atoms with Gasteiger partial charge in [-0.1, -0.05) is 45.2 Å². The van der Waals surface area contributed by atoms with Gasteiger partial charge in [-0.25, -0.2) is 0 Å².